The van der Waals surface area contributed by atoms with Gasteiger partial charge in [0.05, 0.1) is 38.2 Å². The van der Waals surface area contributed by atoms with E-state index < -0.39 is 5.82 Å². The molecule has 3 rings (SSSR count). The minimum atomic E-state index is -0.519. The van der Waals surface area contributed by atoms with E-state index in [-0.39, 0.29) is 28.2 Å². The van der Waals surface area contributed by atoms with Crippen molar-refractivity contribution in [3.63, 3.8) is 0 Å². The van der Waals surface area contributed by atoms with E-state index in [1.807, 2.05) is 20.8 Å². The highest BCUT2D eigenvalue weighted by atomic mass is 32.2. The largest absolute Gasteiger partial charge is 0.496 e. The molecule has 8 nitrogen and oxygen atoms in total. The summed E-state index contributed by atoms with van der Waals surface area (Å²) in [6.45, 7) is 6.94. The molecule has 176 valence electrons. The molecular weight excluding hydrogens is 451 g/mol. The van der Waals surface area contributed by atoms with Crippen molar-refractivity contribution < 1.29 is 32.5 Å². The van der Waals surface area contributed by atoms with Crippen molar-refractivity contribution in [2.45, 2.75) is 26.0 Å². The molecule has 0 radical (unpaired) electrons. The molecule has 0 unspecified atom stereocenters. The van der Waals surface area contributed by atoms with Crippen LogP contribution in [0.4, 0.5) is 4.39 Å². The molecule has 0 aliphatic rings. The smallest absolute Gasteiger partial charge is 0.277 e. The van der Waals surface area contributed by atoms with Crippen LogP contribution in [0.3, 0.4) is 0 Å². The van der Waals surface area contributed by atoms with Gasteiger partial charge in [0.15, 0.2) is 17.3 Å². The maximum atomic E-state index is 13.6. The van der Waals surface area contributed by atoms with Gasteiger partial charge in [0.25, 0.3) is 5.22 Å². The molecule has 0 amide bonds. The van der Waals surface area contributed by atoms with E-state index in [0.29, 0.717) is 48.4 Å². The first-order chi connectivity index (χ1) is 16.0. The second kappa shape index (κ2) is 11.6. The molecule has 0 aliphatic heterocycles. The highest BCUT2D eigenvalue weighted by Crippen LogP contribution is 2.42. The third kappa shape index (κ3) is 5.95. The number of Topliss-reactive ketones (excluding diaryl/α,β-unsaturated/α-hetero) is 1. The van der Waals surface area contributed by atoms with Crippen molar-refractivity contribution in [2.75, 3.05) is 32.7 Å². The number of carbonyl (C=O) groups is 1. The summed E-state index contributed by atoms with van der Waals surface area (Å²) in [7, 11) is 1.42. The Morgan fingerprint density at radius 1 is 0.970 bits per heavy atom. The minimum absolute atomic E-state index is 0.0287. The minimum Gasteiger partial charge on any atom is -0.496 e. The maximum Gasteiger partial charge on any atom is 0.277 e. The van der Waals surface area contributed by atoms with Gasteiger partial charge in [0, 0.05) is 5.56 Å². The van der Waals surface area contributed by atoms with Crippen LogP contribution in [0.15, 0.2) is 40.0 Å². The second-order valence-corrected chi connectivity index (χ2v) is 7.46. The summed E-state index contributed by atoms with van der Waals surface area (Å²) in [5, 5.41) is 8.28. The fourth-order valence-electron chi connectivity index (χ4n) is 3.00. The number of carbonyl (C=O) groups excluding carboxylic acids is 1. The summed E-state index contributed by atoms with van der Waals surface area (Å²) in [5.74, 6) is 1.17. The topological polar surface area (TPSA) is 92.9 Å². The third-order valence-electron chi connectivity index (χ3n) is 4.35. The van der Waals surface area contributed by atoms with E-state index in [2.05, 4.69) is 10.2 Å². The number of rotatable bonds is 12. The standard InChI is InChI=1S/C23H25FN2O6S/c1-5-29-19-10-14(11-20(30-6-2)21(19)31-7-3)22-25-26-23(32-22)33-13-17(27)16-12-15(24)8-9-18(16)28-4/h8-12H,5-7,13H2,1-4H3. The molecule has 0 aliphatic carbocycles. The molecule has 0 saturated heterocycles. The fourth-order valence-corrected chi connectivity index (χ4v) is 3.65. The Hall–Kier alpha value is -3.27. The van der Waals surface area contributed by atoms with Gasteiger partial charge < -0.3 is 23.4 Å². The third-order valence-corrected chi connectivity index (χ3v) is 5.17. The average molecular weight is 477 g/mol. The normalized spacial score (nSPS) is 10.7. The monoisotopic (exact) mass is 476 g/mol. The molecule has 3 aromatic rings. The number of hydrogen-bond acceptors (Lipinski definition) is 9. The lowest BCUT2D eigenvalue weighted by atomic mass is 10.1. The van der Waals surface area contributed by atoms with Crippen molar-refractivity contribution in [1.29, 1.82) is 0 Å². The van der Waals surface area contributed by atoms with Gasteiger partial charge in [-0.2, -0.15) is 0 Å². The second-order valence-electron chi connectivity index (χ2n) is 6.53. The van der Waals surface area contributed by atoms with Crippen molar-refractivity contribution >= 4 is 17.5 Å². The zero-order valence-corrected chi connectivity index (χ0v) is 19.7. The van der Waals surface area contributed by atoms with Crippen LogP contribution in [0.25, 0.3) is 11.5 Å². The molecule has 1 heterocycles. The van der Waals surface area contributed by atoms with E-state index in [1.165, 1.54) is 19.2 Å². The van der Waals surface area contributed by atoms with Gasteiger partial charge in [0.1, 0.15) is 11.6 Å². The summed E-state index contributed by atoms with van der Waals surface area (Å²) >= 11 is 1.05. The molecule has 33 heavy (non-hydrogen) atoms. The maximum absolute atomic E-state index is 13.6. The Morgan fingerprint density at radius 2 is 1.64 bits per heavy atom. The molecule has 1 aromatic heterocycles. The number of hydrogen-bond donors (Lipinski definition) is 0. The number of benzene rings is 2. The summed E-state index contributed by atoms with van der Waals surface area (Å²) in [6, 6.07) is 7.27. The molecule has 0 N–H and O–H groups in total. The van der Waals surface area contributed by atoms with E-state index in [4.69, 9.17) is 23.4 Å². The van der Waals surface area contributed by atoms with Gasteiger partial charge in [-0.25, -0.2) is 4.39 Å². The van der Waals surface area contributed by atoms with Crippen LogP contribution >= 0.6 is 11.8 Å². The molecule has 0 spiro atoms. The Balaban J connectivity index is 1.81. The molecule has 10 heteroatoms. The van der Waals surface area contributed by atoms with Crippen LogP contribution in [0, 0.1) is 5.82 Å². The van der Waals surface area contributed by atoms with E-state index in [0.717, 1.165) is 17.8 Å². The quantitative estimate of drug-likeness (QED) is 0.263. The van der Waals surface area contributed by atoms with Gasteiger partial charge in [-0.1, -0.05) is 11.8 Å². The first-order valence-electron chi connectivity index (χ1n) is 10.4. The Kier molecular flexibility index (Phi) is 8.53. The van der Waals surface area contributed by atoms with Crippen LogP contribution < -0.4 is 18.9 Å². The zero-order chi connectivity index (χ0) is 23.8. The summed E-state index contributed by atoms with van der Waals surface area (Å²) in [4.78, 5) is 12.6. The van der Waals surface area contributed by atoms with Crippen LogP contribution in [-0.4, -0.2) is 48.7 Å². The van der Waals surface area contributed by atoms with E-state index in [9.17, 15) is 9.18 Å². The lowest BCUT2D eigenvalue weighted by Crippen LogP contribution is -2.05. The Bertz CT molecular complexity index is 1080. The molecule has 0 fully saturated rings. The first kappa shape index (κ1) is 24.4. The SMILES string of the molecule is CCOc1cc(-c2nnc(SCC(=O)c3cc(F)ccc3OC)o2)cc(OCC)c1OCC. The highest BCUT2D eigenvalue weighted by molar-refractivity contribution is 7.99. The van der Waals surface area contributed by atoms with Gasteiger partial charge in [-0.3, -0.25) is 4.79 Å². The fraction of sp³-hybridized carbons (Fsp3) is 0.348. The molecule has 0 atom stereocenters. The van der Waals surface area contributed by atoms with Gasteiger partial charge in [-0.05, 0) is 51.1 Å². The molecule has 0 saturated carbocycles. The average Bonchev–Trinajstić information content (AvgIpc) is 3.29. The lowest BCUT2D eigenvalue weighted by molar-refractivity contribution is 0.101. The van der Waals surface area contributed by atoms with Crippen LogP contribution in [0.2, 0.25) is 0 Å². The highest BCUT2D eigenvalue weighted by Gasteiger charge is 2.20. The number of ether oxygens (including phenoxy) is 4. The van der Waals surface area contributed by atoms with Gasteiger partial charge >= 0.3 is 0 Å². The zero-order valence-electron chi connectivity index (χ0n) is 18.8. The van der Waals surface area contributed by atoms with Crippen molar-refractivity contribution in [2.24, 2.45) is 0 Å². The van der Waals surface area contributed by atoms with Crippen molar-refractivity contribution in [1.82, 2.24) is 10.2 Å². The number of methoxy groups -OCH3 is 1. The molecule has 2 aromatic carbocycles. The number of thioether (sulfide) groups is 1. The predicted molar refractivity (Wildman–Crippen MR) is 121 cm³/mol. The van der Waals surface area contributed by atoms with Crippen LogP contribution in [-0.2, 0) is 0 Å². The number of aromatic nitrogens is 2. The number of ketones is 1. The van der Waals surface area contributed by atoms with Gasteiger partial charge in [-0.15, -0.1) is 10.2 Å². The number of nitrogens with zero attached hydrogens (tertiary/aromatic N) is 2. The Morgan fingerprint density at radius 3 is 2.24 bits per heavy atom. The predicted octanol–water partition coefficient (Wildman–Crippen LogP) is 5.06. The first-order valence-corrected chi connectivity index (χ1v) is 11.4. The van der Waals surface area contributed by atoms with Gasteiger partial charge in [0.2, 0.25) is 11.6 Å². The molecule has 0 bridgehead atoms. The number of halogens is 1. The van der Waals surface area contributed by atoms with Crippen molar-refractivity contribution in [3.8, 4) is 34.5 Å². The Labute approximate surface area is 195 Å². The van der Waals surface area contributed by atoms with E-state index in [1.54, 1.807) is 12.1 Å². The van der Waals surface area contributed by atoms with Crippen LogP contribution in [0.5, 0.6) is 23.0 Å². The van der Waals surface area contributed by atoms with Crippen molar-refractivity contribution in [3.05, 3.63) is 41.7 Å². The molecular formula is C23H25FN2O6S. The lowest BCUT2D eigenvalue weighted by Gasteiger charge is -2.16. The summed E-state index contributed by atoms with van der Waals surface area (Å²) in [6.07, 6.45) is 0. The summed E-state index contributed by atoms with van der Waals surface area (Å²) in [5.41, 5.74) is 0.738. The van der Waals surface area contributed by atoms with Crippen LogP contribution in [0.1, 0.15) is 31.1 Å². The van der Waals surface area contributed by atoms with E-state index >= 15 is 0 Å². The summed E-state index contributed by atoms with van der Waals surface area (Å²) < 4.78 is 41.6.